The number of H-pyrrole nitrogens is 1. The summed E-state index contributed by atoms with van der Waals surface area (Å²) in [6.07, 6.45) is 1.36. The normalized spacial score (nSPS) is 10.1. The lowest BCUT2D eigenvalue weighted by molar-refractivity contribution is 0.0728. The number of nitrogens with zero attached hydrogens (tertiary/aromatic N) is 1. The summed E-state index contributed by atoms with van der Waals surface area (Å²) in [4.78, 5) is 11.7. The van der Waals surface area contributed by atoms with Gasteiger partial charge in [-0.25, -0.2) is 4.79 Å². The van der Waals surface area contributed by atoms with Crippen molar-refractivity contribution in [3.05, 3.63) is 40.6 Å². The summed E-state index contributed by atoms with van der Waals surface area (Å²) in [5.74, 6) is -0.136. The molecule has 6 heteroatoms. The van der Waals surface area contributed by atoms with E-state index in [1.54, 1.807) is 18.2 Å². The second-order valence-electron chi connectivity index (χ2n) is 3.02. The van der Waals surface area contributed by atoms with Crippen LogP contribution >= 0.6 is 15.9 Å². The quantitative estimate of drug-likeness (QED) is 0.651. The highest BCUT2D eigenvalue weighted by Gasteiger charge is 2.15. The van der Waals surface area contributed by atoms with Crippen LogP contribution in [-0.4, -0.2) is 16.2 Å². The second kappa shape index (κ2) is 4.36. The fourth-order valence-electron chi connectivity index (χ4n) is 1.14. The Balaban J connectivity index is 2.21. The van der Waals surface area contributed by atoms with Gasteiger partial charge >= 0.3 is 5.97 Å². The molecule has 0 amide bonds. The van der Waals surface area contributed by atoms with E-state index in [-0.39, 0.29) is 11.4 Å². The smallest absolute Gasteiger partial charge is 0.363 e. The Labute approximate surface area is 99.7 Å². The fourth-order valence-corrected chi connectivity index (χ4v) is 1.50. The number of ether oxygens (including phenoxy) is 1. The van der Waals surface area contributed by atoms with Gasteiger partial charge in [0, 0.05) is 0 Å². The van der Waals surface area contributed by atoms with Gasteiger partial charge in [0.15, 0.2) is 5.69 Å². The van der Waals surface area contributed by atoms with Gasteiger partial charge in [-0.1, -0.05) is 12.1 Å². The maximum absolute atomic E-state index is 11.7. The molecular weight excluding hydrogens is 274 g/mol. The molecule has 3 N–H and O–H groups in total. The van der Waals surface area contributed by atoms with Gasteiger partial charge in [-0.05, 0) is 28.1 Å². The van der Waals surface area contributed by atoms with Crippen LogP contribution in [-0.2, 0) is 0 Å². The van der Waals surface area contributed by atoms with Gasteiger partial charge < -0.3 is 10.5 Å². The lowest BCUT2D eigenvalue weighted by atomic mass is 10.3. The highest BCUT2D eigenvalue weighted by atomic mass is 79.9. The molecule has 0 atom stereocenters. The molecule has 1 aromatic carbocycles. The predicted molar refractivity (Wildman–Crippen MR) is 62.1 cm³/mol. The third kappa shape index (κ3) is 2.06. The standard InChI is InChI=1S/C10H8BrN3O2/c11-6-3-1-2-4-8(6)16-10(15)9-7(12)5-13-14-9/h1-5H,12H2,(H,13,14). The first-order valence-electron chi connectivity index (χ1n) is 4.44. The number of nitrogen functional groups attached to an aromatic ring is 1. The van der Waals surface area contributed by atoms with Gasteiger partial charge in [0.05, 0.1) is 16.4 Å². The number of carbonyl (C=O) groups excluding carboxylic acids is 1. The van der Waals surface area contributed by atoms with E-state index in [1.165, 1.54) is 6.20 Å². The summed E-state index contributed by atoms with van der Waals surface area (Å²) in [7, 11) is 0. The van der Waals surface area contributed by atoms with Crippen LogP contribution in [0.1, 0.15) is 10.5 Å². The largest absolute Gasteiger partial charge is 0.421 e. The summed E-state index contributed by atoms with van der Waals surface area (Å²) in [6.45, 7) is 0. The number of esters is 1. The van der Waals surface area contributed by atoms with E-state index in [4.69, 9.17) is 10.5 Å². The number of para-hydroxylation sites is 1. The van der Waals surface area contributed by atoms with E-state index in [0.29, 0.717) is 10.2 Å². The minimum Gasteiger partial charge on any atom is -0.421 e. The number of hydrogen-bond donors (Lipinski definition) is 2. The molecule has 0 fully saturated rings. The van der Waals surface area contributed by atoms with E-state index in [2.05, 4.69) is 26.1 Å². The van der Waals surface area contributed by atoms with Gasteiger partial charge in [-0.3, -0.25) is 5.10 Å². The Morgan fingerprint density at radius 1 is 1.44 bits per heavy atom. The summed E-state index contributed by atoms with van der Waals surface area (Å²) in [5, 5.41) is 6.12. The van der Waals surface area contributed by atoms with Gasteiger partial charge in [0.25, 0.3) is 0 Å². The Hall–Kier alpha value is -1.82. The Kier molecular flexibility index (Phi) is 2.91. The number of nitrogens with one attached hydrogen (secondary N) is 1. The van der Waals surface area contributed by atoms with Crippen LogP contribution in [0, 0.1) is 0 Å². The summed E-state index contributed by atoms with van der Waals surface area (Å²) < 4.78 is 5.83. The molecule has 2 rings (SSSR count). The van der Waals surface area contributed by atoms with E-state index < -0.39 is 5.97 Å². The van der Waals surface area contributed by atoms with Crippen LogP contribution in [0.15, 0.2) is 34.9 Å². The summed E-state index contributed by atoms with van der Waals surface area (Å²) in [6, 6.07) is 7.04. The van der Waals surface area contributed by atoms with Gasteiger partial charge in [0.1, 0.15) is 5.75 Å². The molecule has 0 radical (unpaired) electrons. The van der Waals surface area contributed by atoms with Crippen LogP contribution in [0.5, 0.6) is 5.75 Å². The topological polar surface area (TPSA) is 81.0 Å². The average Bonchev–Trinajstić information content (AvgIpc) is 2.68. The Morgan fingerprint density at radius 2 is 2.19 bits per heavy atom. The third-order valence-electron chi connectivity index (χ3n) is 1.91. The van der Waals surface area contributed by atoms with Crippen molar-refractivity contribution in [2.24, 2.45) is 0 Å². The molecule has 2 aromatic rings. The zero-order valence-corrected chi connectivity index (χ0v) is 9.69. The molecule has 1 aromatic heterocycles. The molecule has 0 saturated heterocycles. The molecule has 5 nitrogen and oxygen atoms in total. The molecule has 82 valence electrons. The molecule has 0 aliphatic rings. The van der Waals surface area contributed by atoms with E-state index in [1.807, 2.05) is 6.07 Å². The first-order chi connectivity index (χ1) is 7.68. The highest BCUT2D eigenvalue weighted by molar-refractivity contribution is 9.10. The number of benzene rings is 1. The lowest BCUT2D eigenvalue weighted by Gasteiger charge is -2.04. The van der Waals surface area contributed by atoms with Crippen LogP contribution in [0.2, 0.25) is 0 Å². The van der Waals surface area contributed by atoms with E-state index in [0.717, 1.165) is 0 Å². The summed E-state index contributed by atoms with van der Waals surface area (Å²) in [5.41, 5.74) is 5.94. The molecule has 0 aliphatic carbocycles. The molecule has 0 unspecified atom stereocenters. The number of anilines is 1. The number of rotatable bonds is 2. The van der Waals surface area contributed by atoms with Crippen LogP contribution in [0.3, 0.4) is 0 Å². The molecule has 0 aliphatic heterocycles. The summed E-state index contributed by atoms with van der Waals surface area (Å²) >= 11 is 3.27. The number of hydrogen-bond acceptors (Lipinski definition) is 4. The molecule has 16 heavy (non-hydrogen) atoms. The number of aromatic nitrogens is 2. The van der Waals surface area contributed by atoms with Crippen molar-refractivity contribution >= 4 is 27.6 Å². The first kappa shape index (κ1) is 10.7. The first-order valence-corrected chi connectivity index (χ1v) is 5.23. The van der Waals surface area contributed by atoms with Crippen molar-refractivity contribution in [2.45, 2.75) is 0 Å². The van der Waals surface area contributed by atoms with Crippen molar-refractivity contribution in [1.82, 2.24) is 10.2 Å². The minimum absolute atomic E-state index is 0.149. The molecule has 0 bridgehead atoms. The van der Waals surface area contributed by atoms with Crippen molar-refractivity contribution in [1.29, 1.82) is 0 Å². The van der Waals surface area contributed by atoms with Crippen molar-refractivity contribution < 1.29 is 9.53 Å². The highest BCUT2D eigenvalue weighted by Crippen LogP contribution is 2.24. The van der Waals surface area contributed by atoms with Gasteiger partial charge in [-0.15, -0.1) is 0 Å². The van der Waals surface area contributed by atoms with E-state index >= 15 is 0 Å². The Bertz CT molecular complexity index is 524. The SMILES string of the molecule is Nc1cn[nH]c1C(=O)Oc1ccccc1Br. The maximum Gasteiger partial charge on any atom is 0.363 e. The van der Waals surface area contributed by atoms with Crippen LogP contribution in [0.25, 0.3) is 0 Å². The van der Waals surface area contributed by atoms with Crippen molar-refractivity contribution in [2.75, 3.05) is 5.73 Å². The second-order valence-corrected chi connectivity index (χ2v) is 3.87. The average molecular weight is 282 g/mol. The van der Waals surface area contributed by atoms with Gasteiger partial charge in [0.2, 0.25) is 0 Å². The number of nitrogens with two attached hydrogens (primary N) is 1. The van der Waals surface area contributed by atoms with Crippen molar-refractivity contribution in [3.63, 3.8) is 0 Å². The van der Waals surface area contributed by atoms with Gasteiger partial charge in [-0.2, -0.15) is 5.10 Å². The fraction of sp³-hybridized carbons (Fsp3) is 0. The third-order valence-corrected chi connectivity index (χ3v) is 2.57. The molecule has 0 spiro atoms. The van der Waals surface area contributed by atoms with Crippen molar-refractivity contribution in [3.8, 4) is 5.75 Å². The predicted octanol–water partition coefficient (Wildman–Crippen LogP) is 1.97. The zero-order chi connectivity index (χ0) is 11.5. The molecule has 1 heterocycles. The van der Waals surface area contributed by atoms with Crippen LogP contribution < -0.4 is 10.5 Å². The number of carbonyl (C=O) groups is 1. The Morgan fingerprint density at radius 3 is 2.81 bits per heavy atom. The zero-order valence-electron chi connectivity index (χ0n) is 8.11. The maximum atomic E-state index is 11.7. The molecular formula is C10H8BrN3O2. The number of aromatic amines is 1. The lowest BCUT2D eigenvalue weighted by Crippen LogP contribution is -2.11. The monoisotopic (exact) mass is 281 g/mol. The van der Waals surface area contributed by atoms with E-state index in [9.17, 15) is 4.79 Å². The molecule has 0 saturated carbocycles. The number of halogens is 1. The van der Waals surface area contributed by atoms with Crippen LogP contribution in [0.4, 0.5) is 5.69 Å². The minimum atomic E-state index is -0.568.